The van der Waals surface area contributed by atoms with Crippen LogP contribution >= 0.6 is 0 Å². The summed E-state index contributed by atoms with van der Waals surface area (Å²) in [6.45, 7) is 5.45. The summed E-state index contributed by atoms with van der Waals surface area (Å²) < 4.78 is 0. The number of nitrogens with one attached hydrogen (secondary N) is 2. The van der Waals surface area contributed by atoms with Crippen LogP contribution in [0.2, 0.25) is 0 Å². The van der Waals surface area contributed by atoms with Crippen LogP contribution in [0.1, 0.15) is 89.0 Å². The van der Waals surface area contributed by atoms with Crippen molar-refractivity contribution >= 4 is 58.2 Å². The predicted octanol–water partition coefficient (Wildman–Crippen LogP) is 3.60. The van der Waals surface area contributed by atoms with Gasteiger partial charge in [0.2, 0.25) is 11.8 Å². The Morgan fingerprint density at radius 2 is 1.42 bits per heavy atom. The van der Waals surface area contributed by atoms with Crippen molar-refractivity contribution in [2.24, 2.45) is 11.1 Å². The van der Waals surface area contributed by atoms with Gasteiger partial charge >= 0.3 is 0 Å². The number of benzene rings is 2. The van der Waals surface area contributed by atoms with Crippen molar-refractivity contribution in [3.05, 3.63) is 65.5 Å². The van der Waals surface area contributed by atoms with Gasteiger partial charge in [-0.25, -0.2) is 9.97 Å². The molecule has 1 aromatic heterocycles. The van der Waals surface area contributed by atoms with Crippen molar-refractivity contribution in [1.82, 2.24) is 20.2 Å². The van der Waals surface area contributed by atoms with Crippen molar-refractivity contribution in [3.63, 3.8) is 0 Å². The quantitative estimate of drug-likeness (QED) is 0.307. The third-order valence-corrected chi connectivity index (χ3v) is 11.6. The first-order chi connectivity index (χ1) is 25.2. The lowest BCUT2D eigenvalue weighted by Crippen LogP contribution is -2.54. The van der Waals surface area contributed by atoms with Gasteiger partial charge in [0, 0.05) is 62.8 Å². The fraction of sp³-hybridized carbons (Fsp3) is 0.447. The van der Waals surface area contributed by atoms with Gasteiger partial charge in [-0.2, -0.15) is 0 Å². The Balaban J connectivity index is 0.868. The molecule has 6 heterocycles. The van der Waals surface area contributed by atoms with Crippen LogP contribution in [0.3, 0.4) is 0 Å². The maximum absolute atomic E-state index is 13.4. The second-order valence-electron chi connectivity index (χ2n) is 14.7. The molecule has 5 aliphatic rings. The van der Waals surface area contributed by atoms with Crippen LogP contribution in [0.25, 0.3) is 0 Å². The van der Waals surface area contributed by atoms with Gasteiger partial charge in [0.25, 0.3) is 17.7 Å². The van der Waals surface area contributed by atoms with E-state index in [0.29, 0.717) is 16.9 Å². The highest BCUT2D eigenvalue weighted by Crippen LogP contribution is 2.43. The molecule has 5 aliphatic heterocycles. The molecule has 14 nitrogen and oxygen atoms in total. The first kappa shape index (κ1) is 33.6. The summed E-state index contributed by atoms with van der Waals surface area (Å²) in [5.74, 6) is -1.47. The molecule has 1 unspecified atom stereocenters. The van der Waals surface area contributed by atoms with E-state index in [1.165, 1.54) is 6.42 Å². The average Bonchev–Trinajstić information content (AvgIpc) is 3.41. The normalized spacial score (nSPS) is 21.7. The number of nitrogens with two attached hydrogens (primary N) is 1. The highest BCUT2D eigenvalue weighted by molar-refractivity contribution is 6.23. The molecule has 52 heavy (non-hydrogen) atoms. The van der Waals surface area contributed by atoms with Crippen molar-refractivity contribution < 1.29 is 24.0 Å². The summed E-state index contributed by atoms with van der Waals surface area (Å²) >= 11 is 0. The number of carbonyl (C=O) groups is 5. The molecule has 0 radical (unpaired) electrons. The van der Waals surface area contributed by atoms with Crippen LogP contribution in [0, 0.1) is 5.41 Å². The Bertz CT molecular complexity index is 1930. The maximum atomic E-state index is 13.4. The molecule has 4 N–H and O–H groups in total. The molecule has 2 aromatic carbocycles. The van der Waals surface area contributed by atoms with E-state index in [0.717, 1.165) is 106 Å². The van der Waals surface area contributed by atoms with E-state index in [4.69, 9.17) is 10.7 Å². The van der Waals surface area contributed by atoms with E-state index in [1.807, 2.05) is 18.2 Å². The summed E-state index contributed by atoms with van der Waals surface area (Å²) in [4.78, 5) is 79.7. The maximum Gasteiger partial charge on any atom is 0.271 e. The average molecular weight is 706 g/mol. The van der Waals surface area contributed by atoms with Crippen LogP contribution in [-0.2, 0) is 9.59 Å². The number of carbonyl (C=O) groups excluding carboxylic acids is 5. The van der Waals surface area contributed by atoms with Gasteiger partial charge in [-0.1, -0.05) is 0 Å². The second kappa shape index (κ2) is 13.5. The Morgan fingerprint density at radius 1 is 0.788 bits per heavy atom. The molecule has 1 atom stereocenters. The largest absolute Gasteiger partial charge is 0.371 e. The van der Waals surface area contributed by atoms with Gasteiger partial charge in [-0.15, -0.1) is 0 Å². The van der Waals surface area contributed by atoms with Crippen LogP contribution in [-0.4, -0.2) is 89.7 Å². The number of fused-ring (bicyclic) bond motifs is 1. The Labute approximate surface area is 301 Å². The minimum atomic E-state index is -0.970. The van der Waals surface area contributed by atoms with E-state index >= 15 is 0 Å². The van der Waals surface area contributed by atoms with Gasteiger partial charge < -0.3 is 25.8 Å². The molecule has 5 amide bonds. The van der Waals surface area contributed by atoms with Crippen LogP contribution < -0.4 is 31.1 Å². The van der Waals surface area contributed by atoms with E-state index in [9.17, 15) is 24.0 Å². The minimum absolute atomic E-state index is 0.0943. The minimum Gasteiger partial charge on any atom is -0.371 e. The van der Waals surface area contributed by atoms with Crippen molar-refractivity contribution in [3.8, 4) is 0 Å². The number of piperidine rings is 4. The molecule has 4 fully saturated rings. The van der Waals surface area contributed by atoms with E-state index in [-0.39, 0.29) is 29.9 Å². The van der Waals surface area contributed by atoms with Crippen molar-refractivity contribution in [2.45, 2.75) is 63.8 Å². The summed E-state index contributed by atoms with van der Waals surface area (Å²) in [6, 6.07) is 12.6. The monoisotopic (exact) mass is 705 g/mol. The number of rotatable bonds is 7. The lowest BCUT2D eigenvalue weighted by atomic mass is 9.71. The fourth-order valence-electron chi connectivity index (χ4n) is 8.45. The van der Waals surface area contributed by atoms with E-state index < -0.39 is 29.7 Å². The van der Waals surface area contributed by atoms with Crippen LogP contribution in [0.15, 0.2) is 48.7 Å². The summed E-state index contributed by atoms with van der Waals surface area (Å²) in [5, 5.41) is 5.52. The molecule has 4 saturated heterocycles. The van der Waals surface area contributed by atoms with Crippen LogP contribution in [0.5, 0.6) is 0 Å². The molecule has 1 spiro atoms. The number of imide groups is 2. The molecule has 8 rings (SSSR count). The van der Waals surface area contributed by atoms with Crippen LogP contribution in [0.4, 0.5) is 28.7 Å². The Hall–Kier alpha value is -5.53. The third-order valence-electron chi connectivity index (χ3n) is 11.6. The fourth-order valence-corrected chi connectivity index (χ4v) is 8.45. The first-order valence-electron chi connectivity index (χ1n) is 18.3. The predicted molar refractivity (Wildman–Crippen MR) is 195 cm³/mol. The second-order valence-corrected chi connectivity index (χ2v) is 14.7. The SMILES string of the molecule is NC(=O)c1ncc(N2CCCCC2)nc1Nc1ccc(N2CCC3(CC2)CCN(c2ccc4c(c2)C(=O)N(C2CCC(=O)NC2=O)C4=O)CC3)cc1. The zero-order valence-electron chi connectivity index (χ0n) is 29.1. The highest BCUT2D eigenvalue weighted by Gasteiger charge is 2.45. The number of hydrogen-bond acceptors (Lipinski definition) is 11. The van der Waals surface area contributed by atoms with Gasteiger partial charge in [0.05, 0.1) is 17.3 Å². The molecular formula is C38H43N9O5. The number of anilines is 5. The standard InChI is InChI=1S/C38H43N9O5/c39-33(49)32-34(42-30(23-40-32)46-16-2-1-3-17-46)41-24-4-6-25(7-5-24)44-18-12-38(13-19-44)14-20-45(21-15-38)26-8-9-27-28(22-26)37(52)47(36(27)51)29-10-11-31(48)43-35(29)50/h4-9,22-23,29H,1-3,10-21H2,(H2,39,49)(H,41,42)(H,43,48,50). The van der Waals surface area contributed by atoms with Gasteiger partial charge in [0.1, 0.15) is 11.9 Å². The van der Waals surface area contributed by atoms with E-state index in [1.54, 1.807) is 18.3 Å². The zero-order chi connectivity index (χ0) is 36.0. The lowest BCUT2D eigenvalue weighted by molar-refractivity contribution is -0.136. The zero-order valence-corrected chi connectivity index (χ0v) is 29.1. The molecule has 0 aliphatic carbocycles. The smallest absolute Gasteiger partial charge is 0.271 e. The lowest BCUT2D eigenvalue weighted by Gasteiger charge is -2.48. The summed E-state index contributed by atoms with van der Waals surface area (Å²) in [7, 11) is 0. The number of aromatic nitrogens is 2. The number of amides is 5. The summed E-state index contributed by atoms with van der Waals surface area (Å²) in [6.07, 6.45) is 9.53. The number of primary amides is 1. The number of nitrogens with zero attached hydrogens (tertiary/aromatic N) is 6. The van der Waals surface area contributed by atoms with Crippen molar-refractivity contribution in [2.75, 3.05) is 59.3 Å². The first-order valence-corrected chi connectivity index (χ1v) is 18.3. The molecule has 3 aromatic rings. The number of hydrogen-bond donors (Lipinski definition) is 3. The van der Waals surface area contributed by atoms with Gasteiger partial charge in [0.15, 0.2) is 11.5 Å². The molecular weight excluding hydrogens is 662 g/mol. The topological polar surface area (TPSA) is 174 Å². The third kappa shape index (κ3) is 6.30. The molecule has 0 bridgehead atoms. The molecule has 14 heteroatoms. The highest BCUT2D eigenvalue weighted by atomic mass is 16.2. The van der Waals surface area contributed by atoms with Crippen molar-refractivity contribution in [1.29, 1.82) is 0 Å². The molecule has 0 saturated carbocycles. The Morgan fingerprint density at radius 3 is 2.08 bits per heavy atom. The van der Waals surface area contributed by atoms with Gasteiger partial charge in [-0.05, 0) is 99.2 Å². The summed E-state index contributed by atoms with van der Waals surface area (Å²) in [5.41, 5.74) is 9.46. The van der Waals surface area contributed by atoms with Gasteiger partial charge in [-0.3, -0.25) is 34.2 Å². The van der Waals surface area contributed by atoms with E-state index in [2.05, 4.69) is 42.5 Å². The Kier molecular flexibility index (Phi) is 8.76. The molecule has 270 valence electrons.